The zero-order valence-corrected chi connectivity index (χ0v) is 23.1. The molecular weight excluding hydrogens is 480 g/mol. The summed E-state index contributed by atoms with van der Waals surface area (Å²) in [7, 11) is 0. The third-order valence-electron chi connectivity index (χ3n) is 8.49. The molecule has 0 aromatic rings. The van der Waals surface area contributed by atoms with Crippen molar-refractivity contribution in [2.24, 2.45) is 22.7 Å². The second-order valence-electron chi connectivity index (χ2n) is 11.5. The molecule has 0 radical (unpaired) electrons. The van der Waals surface area contributed by atoms with Gasteiger partial charge in [0.15, 0.2) is 6.10 Å². The van der Waals surface area contributed by atoms with Crippen molar-refractivity contribution in [3.05, 3.63) is 23.3 Å². The van der Waals surface area contributed by atoms with Crippen LogP contribution in [0.3, 0.4) is 0 Å². The van der Waals surface area contributed by atoms with Crippen LogP contribution in [0.5, 0.6) is 0 Å². The van der Waals surface area contributed by atoms with E-state index in [-0.39, 0.29) is 0 Å². The molecule has 9 heteroatoms. The lowest BCUT2D eigenvalue weighted by Gasteiger charge is -2.60. The normalized spacial score (nSPS) is 36.9. The van der Waals surface area contributed by atoms with E-state index in [1.807, 2.05) is 27.7 Å². The van der Waals surface area contributed by atoms with Gasteiger partial charge in [0.2, 0.25) is 0 Å². The first-order valence-electron chi connectivity index (χ1n) is 12.8. The number of fused-ring (bicyclic) bond motifs is 3. The largest absolute Gasteiger partial charge is 0.462 e. The third-order valence-corrected chi connectivity index (χ3v) is 8.49. The molecule has 2 fully saturated rings. The fraction of sp³-hybridized carbons (Fsp3) is 0.714. The Kier molecular flexibility index (Phi) is 7.99. The van der Waals surface area contributed by atoms with Crippen LogP contribution >= 0.6 is 0 Å². The van der Waals surface area contributed by atoms with Crippen molar-refractivity contribution in [3.63, 3.8) is 0 Å². The van der Waals surface area contributed by atoms with Crippen LogP contribution in [-0.4, -0.2) is 59.5 Å². The van der Waals surface area contributed by atoms with Gasteiger partial charge in [0, 0.05) is 51.4 Å². The zero-order valence-electron chi connectivity index (χ0n) is 23.1. The summed E-state index contributed by atoms with van der Waals surface area (Å²) in [6, 6.07) is 0. The van der Waals surface area contributed by atoms with E-state index in [9.17, 15) is 24.3 Å². The number of carbonyl (C=O) groups excluding carboxylic acids is 4. The number of hydrogen-bond acceptors (Lipinski definition) is 9. The Balaban J connectivity index is 2.34. The van der Waals surface area contributed by atoms with Gasteiger partial charge < -0.3 is 24.1 Å². The summed E-state index contributed by atoms with van der Waals surface area (Å²) in [6.45, 7) is 17.1. The maximum Gasteiger partial charge on any atom is 0.303 e. The molecule has 3 aliphatic rings. The summed E-state index contributed by atoms with van der Waals surface area (Å²) in [6.07, 6.45) is -3.19. The fourth-order valence-corrected chi connectivity index (χ4v) is 7.37. The number of esters is 4. The molecule has 206 valence electrons. The standard InChI is InChI=1S/C28H40O9/c1-13-12-20(35-16(4)30)23-24(33)22-14(2)19(34-15(3)29)10-11-28(22,9)26(37-18(6)32)25(36-17(5)31)21(13)27(23,7)8/h19-20,22-26,33H,2,10-12H2,1,3-9H3/t19-,20-,22-,23-,24-,25+,26-,28+/m0/s1. The molecule has 2 bridgehead atoms. The topological polar surface area (TPSA) is 125 Å². The average Bonchev–Trinajstić information content (AvgIpc) is 2.71. The quantitative estimate of drug-likeness (QED) is 0.337. The minimum Gasteiger partial charge on any atom is -0.462 e. The fourth-order valence-electron chi connectivity index (χ4n) is 7.37. The number of rotatable bonds is 4. The van der Waals surface area contributed by atoms with Crippen LogP contribution < -0.4 is 0 Å². The van der Waals surface area contributed by atoms with Crippen molar-refractivity contribution in [2.45, 2.75) is 105 Å². The molecule has 0 saturated heterocycles. The Labute approximate surface area is 218 Å². The molecular formula is C28H40O9. The molecule has 0 unspecified atom stereocenters. The molecule has 8 atom stereocenters. The monoisotopic (exact) mass is 520 g/mol. The maximum atomic E-state index is 12.4. The van der Waals surface area contributed by atoms with Crippen molar-refractivity contribution >= 4 is 23.9 Å². The second-order valence-corrected chi connectivity index (χ2v) is 11.5. The van der Waals surface area contributed by atoms with Crippen LogP contribution in [0.1, 0.15) is 74.7 Å². The lowest BCUT2D eigenvalue weighted by atomic mass is 9.49. The first kappa shape index (κ1) is 28.9. The number of hydrogen-bond donors (Lipinski definition) is 1. The molecule has 0 aromatic carbocycles. The maximum absolute atomic E-state index is 12.4. The molecule has 0 spiro atoms. The molecule has 0 heterocycles. The minimum atomic E-state index is -1.10. The Morgan fingerprint density at radius 1 is 0.892 bits per heavy atom. The zero-order chi connectivity index (χ0) is 28.0. The van der Waals surface area contributed by atoms with E-state index >= 15 is 0 Å². The van der Waals surface area contributed by atoms with E-state index in [1.165, 1.54) is 27.7 Å². The highest BCUT2D eigenvalue weighted by molar-refractivity contribution is 5.69. The molecule has 37 heavy (non-hydrogen) atoms. The highest BCUT2D eigenvalue weighted by atomic mass is 16.6. The van der Waals surface area contributed by atoms with Gasteiger partial charge in [0.05, 0.1) is 6.10 Å². The first-order valence-corrected chi connectivity index (χ1v) is 12.8. The highest BCUT2D eigenvalue weighted by Crippen LogP contribution is 2.60. The number of carbonyl (C=O) groups is 4. The van der Waals surface area contributed by atoms with Gasteiger partial charge in [0.1, 0.15) is 18.3 Å². The van der Waals surface area contributed by atoms with Gasteiger partial charge in [-0.1, -0.05) is 32.9 Å². The SMILES string of the molecule is C=C1[C@@H](OC(C)=O)CC[C@@]2(C)[C@@H](OC(C)=O)[C@H](OC(C)=O)C3=C(C)C[C@H](OC(C)=O)[C@@H]([C@@H](O)[C@H]12)C3(C)C. The Hall–Kier alpha value is -2.68. The van der Waals surface area contributed by atoms with Crippen molar-refractivity contribution in [3.8, 4) is 0 Å². The average molecular weight is 521 g/mol. The van der Waals surface area contributed by atoms with Crippen LogP contribution in [0.25, 0.3) is 0 Å². The van der Waals surface area contributed by atoms with Gasteiger partial charge in [-0.3, -0.25) is 19.2 Å². The van der Waals surface area contributed by atoms with E-state index in [0.717, 1.165) is 11.1 Å². The van der Waals surface area contributed by atoms with Crippen LogP contribution in [0, 0.1) is 22.7 Å². The van der Waals surface area contributed by atoms with E-state index in [2.05, 4.69) is 6.58 Å². The van der Waals surface area contributed by atoms with Crippen LogP contribution in [0.2, 0.25) is 0 Å². The molecule has 9 nitrogen and oxygen atoms in total. The molecule has 0 amide bonds. The minimum absolute atomic E-state index is 0.313. The van der Waals surface area contributed by atoms with Crippen molar-refractivity contribution in [2.75, 3.05) is 0 Å². The summed E-state index contributed by atoms with van der Waals surface area (Å²) in [5.74, 6) is -3.36. The van der Waals surface area contributed by atoms with Crippen molar-refractivity contribution in [1.82, 2.24) is 0 Å². The van der Waals surface area contributed by atoms with E-state index in [1.54, 1.807) is 0 Å². The van der Waals surface area contributed by atoms with E-state index in [0.29, 0.717) is 24.8 Å². The molecule has 3 aliphatic carbocycles. The van der Waals surface area contributed by atoms with Gasteiger partial charge in [-0.05, 0) is 36.3 Å². The van der Waals surface area contributed by atoms with Crippen LogP contribution in [-0.2, 0) is 38.1 Å². The Morgan fingerprint density at radius 3 is 1.95 bits per heavy atom. The molecule has 0 aromatic heterocycles. The summed E-state index contributed by atoms with van der Waals surface area (Å²) in [5.41, 5.74) is 0.293. The number of aliphatic hydroxyl groups is 1. The summed E-state index contributed by atoms with van der Waals surface area (Å²) >= 11 is 0. The van der Waals surface area contributed by atoms with Gasteiger partial charge >= 0.3 is 23.9 Å². The smallest absolute Gasteiger partial charge is 0.303 e. The third kappa shape index (κ3) is 5.19. The molecule has 0 aliphatic heterocycles. The predicted molar refractivity (Wildman–Crippen MR) is 133 cm³/mol. The number of aliphatic hydroxyl groups excluding tert-OH is 1. The molecule has 3 rings (SSSR count). The van der Waals surface area contributed by atoms with E-state index in [4.69, 9.17) is 18.9 Å². The Morgan fingerprint density at radius 2 is 1.43 bits per heavy atom. The number of ether oxygens (including phenoxy) is 4. The lowest BCUT2D eigenvalue weighted by molar-refractivity contribution is -0.204. The lowest BCUT2D eigenvalue weighted by Crippen LogP contribution is -2.65. The van der Waals surface area contributed by atoms with Gasteiger partial charge in [-0.25, -0.2) is 0 Å². The van der Waals surface area contributed by atoms with Crippen molar-refractivity contribution < 1.29 is 43.2 Å². The second kappa shape index (κ2) is 10.2. The first-order chi connectivity index (χ1) is 17.0. The summed E-state index contributed by atoms with van der Waals surface area (Å²) in [4.78, 5) is 48.8. The molecule has 2 saturated carbocycles. The summed E-state index contributed by atoms with van der Waals surface area (Å²) in [5, 5.41) is 12.2. The molecule has 1 N–H and O–H groups in total. The Bertz CT molecular complexity index is 1020. The van der Waals surface area contributed by atoms with E-state index < -0.39 is 77.1 Å². The predicted octanol–water partition coefficient (Wildman–Crippen LogP) is 3.42. The van der Waals surface area contributed by atoms with Gasteiger partial charge in [0.25, 0.3) is 0 Å². The summed E-state index contributed by atoms with van der Waals surface area (Å²) < 4.78 is 23.2. The highest BCUT2D eigenvalue weighted by Gasteiger charge is 2.64. The van der Waals surface area contributed by atoms with Crippen LogP contribution in [0.15, 0.2) is 23.3 Å². The van der Waals surface area contributed by atoms with Gasteiger partial charge in [-0.15, -0.1) is 0 Å². The van der Waals surface area contributed by atoms with Gasteiger partial charge in [-0.2, -0.15) is 0 Å². The van der Waals surface area contributed by atoms with Crippen LogP contribution in [0.4, 0.5) is 0 Å². The van der Waals surface area contributed by atoms with Crippen molar-refractivity contribution in [1.29, 1.82) is 0 Å².